The average molecular weight is 997 g/mol. The number of hydrogen-bond acceptors (Lipinski definition) is 14. The van der Waals surface area contributed by atoms with E-state index in [-0.39, 0.29) is 34.9 Å². The number of piperidine rings is 1. The first-order valence-corrected chi connectivity index (χ1v) is 25.9. The first-order chi connectivity index (χ1) is 35.0. The Morgan fingerprint density at radius 1 is 0.667 bits per heavy atom. The summed E-state index contributed by atoms with van der Waals surface area (Å²) in [5.74, 6) is 0.482. The van der Waals surface area contributed by atoms with E-state index in [2.05, 4.69) is 15.5 Å². The van der Waals surface area contributed by atoms with Crippen LogP contribution in [-0.2, 0) is 40.2 Å². The Bertz CT molecular complexity index is 3030. The predicted molar refractivity (Wildman–Crippen MR) is 269 cm³/mol. The molecule has 2 fully saturated rings. The SMILES string of the molecule is CS(=O)(=O)c1ccc(-c2ccc3cc(OCc4ccccc4)ccc3c2Oc2ccc(OCCOCCOCCOCCC3CNCCN3c3cccc4c3C(=O)N(C3CCC(=O)NC3=O)C4=O)cc2)cc1. The Morgan fingerprint density at radius 2 is 1.38 bits per heavy atom. The largest absolute Gasteiger partial charge is 0.491 e. The van der Waals surface area contributed by atoms with Gasteiger partial charge in [-0.15, -0.1) is 0 Å². The van der Waals surface area contributed by atoms with E-state index in [1.54, 1.807) is 36.4 Å². The van der Waals surface area contributed by atoms with Gasteiger partial charge in [0.25, 0.3) is 11.8 Å². The molecular formula is C55H56N4O12S. The van der Waals surface area contributed by atoms with Gasteiger partial charge in [0.15, 0.2) is 9.84 Å². The smallest absolute Gasteiger partial charge is 0.264 e. The van der Waals surface area contributed by atoms with Crippen molar-refractivity contribution >= 4 is 49.9 Å². The summed E-state index contributed by atoms with van der Waals surface area (Å²) in [6.07, 6.45) is 2.02. The minimum Gasteiger partial charge on any atom is -0.491 e. The summed E-state index contributed by atoms with van der Waals surface area (Å²) in [5, 5.41) is 7.44. The number of ether oxygens (including phenoxy) is 6. The van der Waals surface area contributed by atoms with Gasteiger partial charge in [-0.05, 0) is 102 Å². The monoisotopic (exact) mass is 996 g/mol. The van der Waals surface area contributed by atoms with Crippen LogP contribution in [0.3, 0.4) is 0 Å². The highest BCUT2D eigenvalue weighted by Crippen LogP contribution is 2.42. The number of carbonyl (C=O) groups is 4. The maximum atomic E-state index is 13.7. The molecule has 0 aromatic heterocycles. The van der Waals surface area contributed by atoms with Crippen LogP contribution in [-0.4, -0.2) is 121 Å². The summed E-state index contributed by atoms with van der Waals surface area (Å²) >= 11 is 0. The molecule has 0 saturated carbocycles. The summed E-state index contributed by atoms with van der Waals surface area (Å²) in [7, 11) is -3.37. The fraction of sp³-hybridized carbons (Fsp3) is 0.309. The van der Waals surface area contributed by atoms with Crippen molar-refractivity contribution in [2.75, 3.05) is 77.0 Å². The zero-order valence-electron chi connectivity index (χ0n) is 39.9. The van der Waals surface area contributed by atoms with Gasteiger partial charge in [0, 0.05) is 55.9 Å². The zero-order chi connectivity index (χ0) is 50.0. The molecule has 0 bridgehead atoms. The van der Waals surface area contributed by atoms with Gasteiger partial charge in [-0.25, -0.2) is 8.42 Å². The van der Waals surface area contributed by atoms with E-state index in [4.69, 9.17) is 28.4 Å². The first kappa shape index (κ1) is 49.8. The molecule has 2 unspecified atom stereocenters. The number of carbonyl (C=O) groups excluding carboxylic acids is 4. The van der Waals surface area contributed by atoms with E-state index in [0.717, 1.165) is 38.1 Å². The quantitative estimate of drug-likeness (QED) is 0.0524. The molecule has 2 saturated heterocycles. The van der Waals surface area contributed by atoms with Crippen LogP contribution in [0.25, 0.3) is 21.9 Å². The lowest BCUT2D eigenvalue weighted by Gasteiger charge is -2.39. The summed E-state index contributed by atoms with van der Waals surface area (Å²) in [5.41, 5.74) is 3.86. The van der Waals surface area contributed by atoms with Crippen LogP contribution in [0.15, 0.2) is 132 Å². The molecule has 16 nitrogen and oxygen atoms in total. The van der Waals surface area contributed by atoms with Gasteiger partial charge in [0.1, 0.15) is 42.3 Å². The third-order valence-electron chi connectivity index (χ3n) is 12.8. The molecule has 3 heterocycles. The Labute approximate surface area is 418 Å². The van der Waals surface area contributed by atoms with E-state index < -0.39 is 39.5 Å². The number of benzene rings is 6. The maximum absolute atomic E-state index is 13.7. The Kier molecular flexibility index (Phi) is 15.9. The van der Waals surface area contributed by atoms with Gasteiger partial charge in [0.2, 0.25) is 11.8 Å². The van der Waals surface area contributed by atoms with Gasteiger partial charge < -0.3 is 38.6 Å². The molecule has 2 atom stereocenters. The van der Waals surface area contributed by atoms with E-state index in [1.807, 2.05) is 91.0 Å². The number of rotatable bonds is 22. The number of nitrogens with zero attached hydrogens (tertiary/aromatic N) is 2. The molecular weight excluding hydrogens is 941 g/mol. The number of anilines is 1. The third-order valence-corrected chi connectivity index (χ3v) is 13.9. The predicted octanol–water partition coefficient (Wildman–Crippen LogP) is 6.98. The number of piperazine rings is 1. The Balaban J connectivity index is 0.703. The highest BCUT2D eigenvalue weighted by atomic mass is 32.2. The van der Waals surface area contributed by atoms with Crippen LogP contribution in [0, 0.1) is 0 Å². The van der Waals surface area contributed by atoms with Crippen molar-refractivity contribution in [1.29, 1.82) is 0 Å². The van der Waals surface area contributed by atoms with Gasteiger partial charge in [-0.2, -0.15) is 0 Å². The summed E-state index contributed by atoms with van der Waals surface area (Å²) in [4.78, 5) is 54.9. The lowest BCUT2D eigenvalue weighted by Crippen LogP contribution is -2.54. The summed E-state index contributed by atoms with van der Waals surface area (Å²) < 4.78 is 60.4. The van der Waals surface area contributed by atoms with E-state index in [9.17, 15) is 27.6 Å². The first-order valence-electron chi connectivity index (χ1n) is 24.0. The number of nitrogens with one attached hydrogen (secondary N) is 2. The Morgan fingerprint density at radius 3 is 2.11 bits per heavy atom. The van der Waals surface area contributed by atoms with Crippen molar-refractivity contribution in [3.8, 4) is 34.1 Å². The number of hydrogen-bond donors (Lipinski definition) is 2. The summed E-state index contributed by atoms with van der Waals surface area (Å²) in [6.45, 7) is 5.11. The molecule has 9 rings (SSSR count). The van der Waals surface area contributed by atoms with Crippen molar-refractivity contribution in [3.63, 3.8) is 0 Å². The molecule has 72 heavy (non-hydrogen) atoms. The topological polar surface area (TPSA) is 188 Å². The van der Waals surface area contributed by atoms with Gasteiger partial charge >= 0.3 is 0 Å². The molecule has 3 aliphatic rings. The maximum Gasteiger partial charge on any atom is 0.264 e. The fourth-order valence-electron chi connectivity index (χ4n) is 9.10. The van der Waals surface area contributed by atoms with Crippen LogP contribution in [0.5, 0.6) is 23.0 Å². The van der Waals surface area contributed by atoms with Crippen LogP contribution in [0.1, 0.15) is 45.5 Å². The second-order valence-corrected chi connectivity index (χ2v) is 19.7. The van der Waals surface area contributed by atoms with Gasteiger partial charge in [0.05, 0.1) is 54.7 Å². The standard InChI is InChI=1S/C55H56N4O12S/c1-72(64,65)44-18-10-38(11-19-44)45-20-12-39-34-43(70-36-37-6-3-2-4-7-37)17-21-46(39)52(45)71-42-15-13-41(14-16-42)69-33-32-68-31-30-67-29-28-66-27-24-40-35-56-25-26-58(40)48-9-5-8-47-51(48)55(63)59(54(47)62)49-22-23-50(60)57-53(49)61/h2-21,34,40,49,56H,22-33,35-36H2,1H3,(H,57,60,61). The van der Waals surface area contributed by atoms with E-state index in [1.165, 1.54) is 6.26 Å². The van der Waals surface area contributed by atoms with Crippen molar-refractivity contribution in [2.24, 2.45) is 0 Å². The van der Waals surface area contributed by atoms with E-state index >= 15 is 0 Å². The van der Waals surface area contributed by atoms with Crippen molar-refractivity contribution in [2.45, 2.75) is 42.8 Å². The van der Waals surface area contributed by atoms with Gasteiger partial charge in [-0.1, -0.05) is 54.6 Å². The molecule has 2 N–H and O–H groups in total. The second-order valence-electron chi connectivity index (χ2n) is 17.6. The lowest BCUT2D eigenvalue weighted by atomic mass is 9.99. The molecule has 374 valence electrons. The number of imide groups is 2. The normalized spacial score (nSPS) is 17.0. The highest BCUT2D eigenvalue weighted by molar-refractivity contribution is 7.90. The number of amides is 4. The van der Waals surface area contributed by atoms with Crippen LogP contribution in [0.2, 0.25) is 0 Å². The van der Waals surface area contributed by atoms with Crippen LogP contribution < -0.4 is 29.7 Å². The molecule has 0 aliphatic carbocycles. The molecule has 0 radical (unpaired) electrons. The number of sulfone groups is 1. The molecule has 6 aromatic rings. The second kappa shape index (κ2) is 22.9. The summed E-state index contributed by atoms with van der Waals surface area (Å²) in [6, 6.07) is 38.1. The molecule has 6 aromatic carbocycles. The lowest BCUT2D eigenvalue weighted by molar-refractivity contribution is -0.136. The van der Waals surface area contributed by atoms with E-state index in [0.29, 0.717) is 102 Å². The Hall–Kier alpha value is -7.15. The molecule has 17 heteroatoms. The minimum absolute atomic E-state index is 0.00733. The molecule has 0 spiro atoms. The number of fused-ring (bicyclic) bond motifs is 2. The third kappa shape index (κ3) is 11.8. The van der Waals surface area contributed by atoms with Crippen molar-refractivity contribution in [3.05, 3.63) is 144 Å². The van der Waals surface area contributed by atoms with Crippen LogP contribution >= 0.6 is 0 Å². The van der Waals surface area contributed by atoms with Crippen molar-refractivity contribution < 1.29 is 56.0 Å². The minimum atomic E-state index is -3.37. The van der Waals surface area contributed by atoms with Gasteiger partial charge in [-0.3, -0.25) is 29.4 Å². The zero-order valence-corrected chi connectivity index (χ0v) is 40.7. The van der Waals surface area contributed by atoms with Crippen molar-refractivity contribution in [1.82, 2.24) is 15.5 Å². The molecule has 4 amide bonds. The highest BCUT2D eigenvalue weighted by Gasteiger charge is 2.46. The average Bonchev–Trinajstić information content (AvgIpc) is 3.64. The van der Waals surface area contributed by atoms with Crippen LogP contribution in [0.4, 0.5) is 5.69 Å². The fourth-order valence-corrected chi connectivity index (χ4v) is 9.73. The molecule has 3 aliphatic heterocycles.